The number of nitrogen functional groups attached to an aromatic ring is 2. The summed E-state index contributed by atoms with van der Waals surface area (Å²) in [6, 6.07) is 15.5. The Kier molecular flexibility index (Phi) is 3.19. The van der Waals surface area contributed by atoms with E-state index >= 15 is 0 Å². The van der Waals surface area contributed by atoms with Gasteiger partial charge in [-0.1, -0.05) is 30.3 Å². The average Bonchev–Trinajstić information content (AvgIpc) is 2.90. The predicted octanol–water partition coefficient (Wildman–Crippen LogP) is 3.14. The summed E-state index contributed by atoms with van der Waals surface area (Å²) in [7, 11) is 0. The molecule has 0 amide bonds. The molecule has 21 heavy (non-hydrogen) atoms. The molecule has 6 N–H and O–H groups in total. The first kappa shape index (κ1) is 13.3. The first-order valence-electron chi connectivity index (χ1n) is 6.37. The molecule has 0 spiro atoms. The van der Waals surface area contributed by atoms with Crippen LogP contribution in [-0.4, -0.2) is 11.7 Å². The number of benzene rings is 2. The smallest absolute Gasteiger partial charge is 0.122 e. The molecule has 104 valence electrons. The van der Waals surface area contributed by atoms with Gasteiger partial charge in [0.25, 0.3) is 0 Å². The maximum Gasteiger partial charge on any atom is 0.122 e. The molecular formula is C16H14N4S. The first-order chi connectivity index (χ1) is 10.0. The van der Waals surface area contributed by atoms with Gasteiger partial charge in [0.2, 0.25) is 0 Å². The van der Waals surface area contributed by atoms with E-state index in [-0.39, 0.29) is 11.7 Å². The van der Waals surface area contributed by atoms with Crippen LogP contribution in [0.3, 0.4) is 0 Å². The van der Waals surface area contributed by atoms with E-state index in [1.165, 1.54) is 0 Å². The fraction of sp³-hybridized carbons (Fsp3) is 0. The van der Waals surface area contributed by atoms with Gasteiger partial charge < -0.3 is 11.5 Å². The van der Waals surface area contributed by atoms with Crippen LogP contribution in [0.15, 0.2) is 48.5 Å². The maximum absolute atomic E-state index is 7.52. The highest BCUT2D eigenvalue weighted by Crippen LogP contribution is 2.34. The van der Waals surface area contributed by atoms with Crippen LogP contribution in [0.4, 0.5) is 0 Å². The minimum Gasteiger partial charge on any atom is -0.384 e. The molecule has 2 aromatic carbocycles. The highest BCUT2D eigenvalue weighted by molar-refractivity contribution is 7.22. The summed E-state index contributed by atoms with van der Waals surface area (Å²) >= 11 is 1.64. The molecule has 0 unspecified atom stereocenters. The van der Waals surface area contributed by atoms with Gasteiger partial charge in [-0.2, -0.15) is 0 Å². The second-order valence-corrected chi connectivity index (χ2v) is 5.86. The van der Waals surface area contributed by atoms with Gasteiger partial charge in [0.1, 0.15) is 11.7 Å². The first-order valence-corrected chi connectivity index (χ1v) is 7.19. The summed E-state index contributed by atoms with van der Waals surface area (Å²) in [5, 5.41) is 16.1. The Labute approximate surface area is 126 Å². The Morgan fingerprint density at radius 3 is 2.29 bits per heavy atom. The van der Waals surface area contributed by atoms with Gasteiger partial charge in [-0.3, -0.25) is 10.8 Å². The molecule has 5 heteroatoms. The van der Waals surface area contributed by atoms with E-state index in [0.717, 1.165) is 31.7 Å². The maximum atomic E-state index is 7.52. The van der Waals surface area contributed by atoms with Crippen LogP contribution in [0.2, 0.25) is 0 Å². The molecule has 0 atom stereocenters. The number of nitrogens with two attached hydrogens (primary N) is 2. The number of amidine groups is 2. The van der Waals surface area contributed by atoms with E-state index in [1.54, 1.807) is 11.3 Å². The Morgan fingerprint density at radius 1 is 0.857 bits per heavy atom. The zero-order valence-electron chi connectivity index (χ0n) is 11.2. The van der Waals surface area contributed by atoms with Crippen molar-refractivity contribution in [2.75, 3.05) is 0 Å². The fourth-order valence-corrected chi connectivity index (χ4v) is 3.28. The monoisotopic (exact) mass is 294 g/mol. The molecule has 3 aromatic rings. The van der Waals surface area contributed by atoms with Crippen molar-refractivity contribution in [3.8, 4) is 10.4 Å². The second kappa shape index (κ2) is 5.03. The lowest BCUT2D eigenvalue weighted by atomic mass is 10.1. The lowest BCUT2D eigenvalue weighted by Gasteiger charge is -2.01. The molecule has 3 rings (SSSR count). The molecule has 0 saturated carbocycles. The van der Waals surface area contributed by atoms with Crippen LogP contribution in [0.1, 0.15) is 11.1 Å². The third kappa shape index (κ3) is 2.51. The van der Waals surface area contributed by atoms with Crippen LogP contribution < -0.4 is 11.5 Å². The Balaban J connectivity index is 2.10. The van der Waals surface area contributed by atoms with Crippen LogP contribution in [0, 0.1) is 10.8 Å². The minimum atomic E-state index is 0.0665. The highest BCUT2D eigenvalue weighted by atomic mass is 32.1. The number of nitrogens with one attached hydrogen (secondary N) is 2. The van der Waals surface area contributed by atoms with Gasteiger partial charge >= 0.3 is 0 Å². The number of hydrogen-bond acceptors (Lipinski definition) is 3. The van der Waals surface area contributed by atoms with E-state index in [4.69, 9.17) is 22.3 Å². The lowest BCUT2D eigenvalue weighted by molar-refractivity contribution is 1.43. The van der Waals surface area contributed by atoms with Crippen molar-refractivity contribution in [2.45, 2.75) is 0 Å². The molecule has 0 radical (unpaired) electrons. The molecule has 0 aliphatic carbocycles. The highest BCUT2D eigenvalue weighted by Gasteiger charge is 2.07. The summed E-state index contributed by atoms with van der Waals surface area (Å²) in [4.78, 5) is 1.11. The fourth-order valence-electron chi connectivity index (χ4n) is 2.18. The molecule has 1 heterocycles. The van der Waals surface area contributed by atoms with Crippen molar-refractivity contribution in [3.05, 3.63) is 59.7 Å². The van der Waals surface area contributed by atoms with E-state index < -0.39 is 0 Å². The molecule has 0 saturated heterocycles. The quantitative estimate of drug-likeness (QED) is 0.440. The SMILES string of the molecule is N=C(N)c1cccc(-c2cc3ccc(C(=N)N)cc3s2)c1. The number of hydrogen-bond donors (Lipinski definition) is 4. The van der Waals surface area contributed by atoms with E-state index in [2.05, 4.69) is 6.07 Å². The summed E-state index contributed by atoms with van der Waals surface area (Å²) in [5.74, 6) is 0.141. The Morgan fingerprint density at radius 2 is 1.57 bits per heavy atom. The van der Waals surface area contributed by atoms with Crippen molar-refractivity contribution in [1.29, 1.82) is 10.8 Å². The zero-order valence-corrected chi connectivity index (χ0v) is 12.0. The Bertz CT molecular complexity index is 864. The van der Waals surface area contributed by atoms with Gasteiger partial charge in [0.15, 0.2) is 0 Å². The van der Waals surface area contributed by atoms with E-state index in [1.807, 2.05) is 42.5 Å². The van der Waals surface area contributed by atoms with E-state index in [0.29, 0.717) is 0 Å². The average molecular weight is 294 g/mol. The van der Waals surface area contributed by atoms with Gasteiger partial charge in [-0.15, -0.1) is 11.3 Å². The van der Waals surface area contributed by atoms with Gasteiger partial charge in [0, 0.05) is 20.7 Å². The summed E-state index contributed by atoms with van der Waals surface area (Å²) < 4.78 is 1.09. The third-order valence-corrected chi connectivity index (χ3v) is 4.44. The zero-order chi connectivity index (χ0) is 15.0. The van der Waals surface area contributed by atoms with Crippen LogP contribution >= 0.6 is 11.3 Å². The molecule has 0 bridgehead atoms. The molecule has 0 fully saturated rings. The standard InChI is InChI=1S/C16H14N4S/c17-15(18)11-3-1-2-9(6-11)13-7-10-4-5-12(16(19)20)8-14(10)21-13/h1-8H,(H3,17,18)(H3,19,20). The lowest BCUT2D eigenvalue weighted by Crippen LogP contribution is -2.10. The van der Waals surface area contributed by atoms with Crippen LogP contribution in [-0.2, 0) is 0 Å². The summed E-state index contributed by atoms with van der Waals surface area (Å²) in [6.07, 6.45) is 0. The predicted molar refractivity (Wildman–Crippen MR) is 89.3 cm³/mol. The second-order valence-electron chi connectivity index (χ2n) is 4.77. The Hall–Kier alpha value is -2.66. The largest absolute Gasteiger partial charge is 0.384 e. The van der Waals surface area contributed by atoms with Gasteiger partial charge in [0.05, 0.1) is 0 Å². The number of rotatable bonds is 3. The summed E-state index contributed by atoms with van der Waals surface area (Å²) in [5.41, 5.74) is 13.5. The van der Waals surface area contributed by atoms with Crippen molar-refractivity contribution in [3.63, 3.8) is 0 Å². The van der Waals surface area contributed by atoms with Gasteiger partial charge in [-0.05, 0) is 29.1 Å². The molecular weight excluding hydrogens is 280 g/mol. The van der Waals surface area contributed by atoms with Gasteiger partial charge in [-0.25, -0.2) is 0 Å². The van der Waals surface area contributed by atoms with Crippen molar-refractivity contribution < 1.29 is 0 Å². The van der Waals surface area contributed by atoms with Crippen molar-refractivity contribution in [1.82, 2.24) is 0 Å². The topological polar surface area (TPSA) is 99.7 Å². The van der Waals surface area contributed by atoms with Crippen LogP contribution in [0.5, 0.6) is 0 Å². The molecule has 1 aromatic heterocycles. The number of fused-ring (bicyclic) bond motifs is 1. The van der Waals surface area contributed by atoms with Crippen molar-refractivity contribution >= 4 is 33.1 Å². The molecule has 0 aliphatic heterocycles. The summed E-state index contributed by atoms with van der Waals surface area (Å²) in [6.45, 7) is 0. The minimum absolute atomic E-state index is 0.0665. The van der Waals surface area contributed by atoms with E-state index in [9.17, 15) is 0 Å². The molecule has 4 nitrogen and oxygen atoms in total. The normalized spacial score (nSPS) is 10.7. The van der Waals surface area contributed by atoms with Crippen molar-refractivity contribution in [2.24, 2.45) is 11.5 Å². The number of thiophene rings is 1. The third-order valence-electron chi connectivity index (χ3n) is 3.29. The molecule has 0 aliphatic rings. The van der Waals surface area contributed by atoms with Crippen LogP contribution in [0.25, 0.3) is 20.5 Å².